The van der Waals surface area contributed by atoms with Crippen LogP contribution in [0.25, 0.3) is 0 Å². The van der Waals surface area contributed by atoms with Crippen molar-refractivity contribution in [1.29, 1.82) is 0 Å². The maximum absolute atomic E-state index is 6.58. The first kappa shape index (κ1) is 30.8. The zero-order valence-corrected chi connectivity index (χ0v) is 27.5. The molecule has 4 heterocycles. The fourth-order valence-electron chi connectivity index (χ4n) is 5.73. The molecular formula is C33H33Cl2N7O3S. The summed E-state index contributed by atoms with van der Waals surface area (Å²) in [7, 11) is 2.01. The van der Waals surface area contributed by atoms with Crippen molar-refractivity contribution in [3.63, 3.8) is 0 Å². The lowest BCUT2D eigenvalue weighted by Gasteiger charge is -2.37. The lowest BCUT2D eigenvalue weighted by Crippen LogP contribution is -2.46. The van der Waals surface area contributed by atoms with Crippen molar-refractivity contribution >= 4 is 51.6 Å². The molecule has 0 N–H and O–H groups in total. The first-order chi connectivity index (χ1) is 22.4. The normalized spacial score (nSPS) is 20.4. The number of anilines is 2. The molecule has 13 heteroatoms. The summed E-state index contributed by atoms with van der Waals surface area (Å²) >= 11 is 14.4. The summed E-state index contributed by atoms with van der Waals surface area (Å²) in [6.45, 7) is 4.70. The molecule has 0 saturated carbocycles. The minimum absolute atomic E-state index is 0.280. The molecule has 238 valence electrons. The van der Waals surface area contributed by atoms with Crippen LogP contribution >= 0.6 is 34.5 Å². The molecule has 7 rings (SSSR count). The average Bonchev–Trinajstić information content (AvgIpc) is 3.84. The van der Waals surface area contributed by atoms with Gasteiger partial charge in [0.2, 0.25) is 5.79 Å². The smallest absolute Gasteiger partial charge is 0.217 e. The quantitative estimate of drug-likeness (QED) is 0.192. The van der Waals surface area contributed by atoms with Crippen LogP contribution in [0.1, 0.15) is 5.56 Å². The van der Waals surface area contributed by atoms with Crippen molar-refractivity contribution in [2.75, 3.05) is 49.2 Å². The van der Waals surface area contributed by atoms with Crippen LogP contribution in [0.5, 0.6) is 5.75 Å². The van der Waals surface area contributed by atoms with E-state index in [1.807, 2.05) is 41.4 Å². The van der Waals surface area contributed by atoms with Gasteiger partial charge in [-0.2, -0.15) is 5.10 Å². The summed E-state index contributed by atoms with van der Waals surface area (Å²) in [5.41, 5.74) is 4.04. The fraction of sp³-hybridized carbons (Fsp3) is 0.303. The number of nitrogens with zero attached hydrogens (tertiary/aromatic N) is 7. The van der Waals surface area contributed by atoms with Gasteiger partial charge in [-0.1, -0.05) is 29.3 Å². The average molecular weight is 679 g/mol. The Bertz CT molecular complexity index is 1820. The molecule has 2 aromatic heterocycles. The monoisotopic (exact) mass is 677 g/mol. The summed E-state index contributed by atoms with van der Waals surface area (Å²) in [5, 5.41) is 7.27. The van der Waals surface area contributed by atoms with Crippen LogP contribution in [0.3, 0.4) is 0 Å². The second-order valence-corrected chi connectivity index (χ2v) is 12.9. The van der Waals surface area contributed by atoms with Gasteiger partial charge in [-0.3, -0.25) is 0 Å². The van der Waals surface area contributed by atoms with Crippen molar-refractivity contribution < 1.29 is 14.2 Å². The third kappa shape index (κ3) is 6.79. The molecule has 0 bridgehead atoms. The topological polar surface area (TPSA) is 82.2 Å². The zero-order valence-electron chi connectivity index (χ0n) is 25.2. The summed E-state index contributed by atoms with van der Waals surface area (Å²) in [5.74, 6) is -0.374. The number of benzene rings is 3. The third-order valence-corrected chi connectivity index (χ3v) is 9.55. The number of hydrogen-bond donors (Lipinski definition) is 0. The molecule has 0 spiro atoms. The fourth-order valence-corrected chi connectivity index (χ4v) is 7.03. The number of piperazine rings is 1. The van der Waals surface area contributed by atoms with Crippen molar-refractivity contribution in [2.45, 2.75) is 18.4 Å². The van der Waals surface area contributed by atoms with E-state index in [9.17, 15) is 0 Å². The Labute approximate surface area is 281 Å². The van der Waals surface area contributed by atoms with Crippen molar-refractivity contribution in [3.05, 3.63) is 111 Å². The first-order valence-corrected chi connectivity index (χ1v) is 16.7. The van der Waals surface area contributed by atoms with Crippen molar-refractivity contribution in [1.82, 2.24) is 19.3 Å². The Balaban J connectivity index is 0.930. The van der Waals surface area contributed by atoms with Gasteiger partial charge in [-0.05, 0) is 60.7 Å². The number of aromatic nitrogens is 4. The Hall–Kier alpha value is -3.87. The standard InChI is InChI=1S/C33H33Cl2N7O3S/c1-39-16-17-46-32(39)38-25-3-5-26(6-4-25)40-12-14-41(15-13-40)27-7-9-28(10-8-27)43-19-29-20-44-33(45-29,21-42-23-36-22-37-42)30-11-2-24(34)18-31(30)35/h2-11,16-18,22-23,29H,12-15,19-21H2,1H3/b38-32-. The van der Waals surface area contributed by atoms with E-state index in [2.05, 4.69) is 56.3 Å². The van der Waals surface area contributed by atoms with E-state index >= 15 is 0 Å². The molecule has 3 aromatic carbocycles. The molecule has 2 unspecified atom stereocenters. The second-order valence-electron chi connectivity index (χ2n) is 11.2. The van der Waals surface area contributed by atoms with Gasteiger partial charge in [0.15, 0.2) is 4.80 Å². The maximum atomic E-state index is 6.58. The van der Waals surface area contributed by atoms with Gasteiger partial charge in [0, 0.05) is 66.8 Å². The van der Waals surface area contributed by atoms with E-state index in [4.69, 9.17) is 42.4 Å². The van der Waals surface area contributed by atoms with E-state index in [1.165, 1.54) is 17.7 Å². The van der Waals surface area contributed by atoms with Crippen LogP contribution in [0.2, 0.25) is 10.0 Å². The van der Waals surface area contributed by atoms with E-state index in [0.29, 0.717) is 28.8 Å². The van der Waals surface area contributed by atoms with Gasteiger partial charge < -0.3 is 28.6 Å². The molecule has 5 aromatic rings. The van der Waals surface area contributed by atoms with Gasteiger partial charge in [0.25, 0.3) is 0 Å². The van der Waals surface area contributed by atoms with E-state index in [0.717, 1.165) is 42.4 Å². The number of thiazole rings is 1. The van der Waals surface area contributed by atoms with Gasteiger partial charge in [0.1, 0.15) is 37.7 Å². The van der Waals surface area contributed by atoms with Crippen LogP contribution in [0.4, 0.5) is 17.1 Å². The zero-order chi connectivity index (χ0) is 31.5. The Morgan fingerprint density at radius 2 is 1.70 bits per heavy atom. The Morgan fingerprint density at radius 3 is 2.33 bits per heavy atom. The highest BCUT2D eigenvalue weighted by molar-refractivity contribution is 7.07. The number of halogens is 2. The van der Waals surface area contributed by atoms with Gasteiger partial charge >= 0.3 is 0 Å². The summed E-state index contributed by atoms with van der Waals surface area (Å²) < 4.78 is 22.6. The lowest BCUT2D eigenvalue weighted by molar-refractivity contribution is -0.190. The molecular weight excluding hydrogens is 645 g/mol. The Morgan fingerprint density at radius 1 is 0.978 bits per heavy atom. The van der Waals surface area contributed by atoms with Crippen LogP contribution in [0.15, 0.2) is 96.0 Å². The molecule has 2 saturated heterocycles. The summed E-state index contributed by atoms with van der Waals surface area (Å²) in [6.07, 6.45) is 4.79. The second kappa shape index (κ2) is 13.5. The van der Waals surface area contributed by atoms with Crippen LogP contribution < -0.4 is 19.3 Å². The van der Waals surface area contributed by atoms with Crippen molar-refractivity contribution in [3.8, 4) is 5.75 Å². The third-order valence-electron chi connectivity index (χ3n) is 8.15. The lowest BCUT2D eigenvalue weighted by atomic mass is 10.1. The molecule has 2 aliphatic rings. The number of aryl methyl sites for hydroxylation is 1. The Kier molecular flexibility index (Phi) is 9.01. The molecule has 2 atom stereocenters. The largest absolute Gasteiger partial charge is 0.491 e. The molecule has 2 fully saturated rings. The van der Waals surface area contributed by atoms with E-state index in [-0.39, 0.29) is 12.6 Å². The van der Waals surface area contributed by atoms with Gasteiger partial charge in [-0.25, -0.2) is 14.7 Å². The molecule has 2 aliphatic heterocycles. The SMILES string of the molecule is Cn1ccs/c1=N\c1ccc(N2CCN(c3ccc(OCC4COC(Cn5cncn5)(c5ccc(Cl)cc5Cl)O4)cc3)CC2)cc1. The highest BCUT2D eigenvalue weighted by atomic mass is 35.5. The summed E-state index contributed by atoms with van der Waals surface area (Å²) in [6, 6.07) is 22.0. The maximum Gasteiger partial charge on any atom is 0.217 e. The van der Waals surface area contributed by atoms with Crippen LogP contribution in [-0.4, -0.2) is 64.8 Å². The highest BCUT2D eigenvalue weighted by Crippen LogP contribution is 2.40. The van der Waals surface area contributed by atoms with E-state index < -0.39 is 5.79 Å². The van der Waals surface area contributed by atoms with E-state index in [1.54, 1.807) is 34.5 Å². The predicted molar refractivity (Wildman–Crippen MR) is 180 cm³/mol. The van der Waals surface area contributed by atoms with Crippen LogP contribution in [0, 0.1) is 0 Å². The minimum Gasteiger partial charge on any atom is -0.491 e. The number of ether oxygens (including phenoxy) is 3. The van der Waals surface area contributed by atoms with Gasteiger partial charge in [-0.15, -0.1) is 11.3 Å². The highest BCUT2D eigenvalue weighted by Gasteiger charge is 2.45. The molecule has 46 heavy (non-hydrogen) atoms. The minimum atomic E-state index is -1.14. The summed E-state index contributed by atoms with van der Waals surface area (Å²) in [4.78, 5) is 14.6. The first-order valence-electron chi connectivity index (χ1n) is 15.0. The predicted octanol–water partition coefficient (Wildman–Crippen LogP) is 5.89. The molecule has 10 nitrogen and oxygen atoms in total. The molecule has 0 radical (unpaired) electrons. The molecule has 0 amide bonds. The number of hydrogen-bond acceptors (Lipinski definition) is 9. The number of rotatable bonds is 9. The molecule has 0 aliphatic carbocycles. The van der Waals surface area contributed by atoms with Gasteiger partial charge in [0.05, 0.1) is 17.3 Å². The van der Waals surface area contributed by atoms with Crippen LogP contribution in [-0.2, 0) is 28.9 Å². The van der Waals surface area contributed by atoms with Crippen molar-refractivity contribution in [2.24, 2.45) is 12.0 Å².